The summed E-state index contributed by atoms with van der Waals surface area (Å²) in [5, 5.41) is 1.62. The maximum atomic E-state index is 6.61. The Morgan fingerprint density at radius 2 is 1.44 bits per heavy atom. The van der Waals surface area contributed by atoms with E-state index in [0.29, 0.717) is 10.8 Å². The van der Waals surface area contributed by atoms with Crippen LogP contribution in [0.3, 0.4) is 0 Å². The van der Waals surface area contributed by atoms with Crippen molar-refractivity contribution in [3.63, 3.8) is 0 Å². The van der Waals surface area contributed by atoms with Crippen LogP contribution in [0.5, 0.6) is 0 Å². The van der Waals surface area contributed by atoms with Crippen LogP contribution in [-0.2, 0) is 0 Å². The maximum Gasteiger partial charge on any atom is 0.160 e. The molecule has 1 unspecified atom stereocenters. The third kappa shape index (κ3) is 5.33. The highest BCUT2D eigenvalue weighted by Gasteiger charge is 2.16. The molecular formula is C27H29ClN4. The van der Waals surface area contributed by atoms with E-state index in [1.807, 2.05) is 36.4 Å². The minimum atomic E-state index is -0.151. The van der Waals surface area contributed by atoms with Gasteiger partial charge >= 0.3 is 0 Å². The quantitative estimate of drug-likeness (QED) is 0.288. The van der Waals surface area contributed by atoms with Crippen LogP contribution in [0.1, 0.15) is 43.8 Å². The molecule has 4 rings (SSSR count). The molecule has 0 bridgehead atoms. The number of hydrogen-bond donors (Lipinski definition) is 2. The van der Waals surface area contributed by atoms with E-state index in [2.05, 4.69) is 36.4 Å². The van der Waals surface area contributed by atoms with Crippen molar-refractivity contribution < 1.29 is 0 Å². The van der Waals surface area contributed by atoms with Gasteiger partial charge in [0.2, 0.25) is 0 Å². The molecule has 0 spiro atoms. The summed E-state index contributed by atoms with van der Waals surface area (Å²) in [6, 6.07) is 24.2. The lowest BCUT2D eigenvalue weighted by Crippen LogP contribution is -2.14. The van der Waals surface area contributed by atoms with Crippen molar-refractivity contribution in [3.05, 3.63) is 83.5 Å². The number of halogens is 1. The number of rotatable bonds is 9. The predicted molar refractivity (Wildman–Crippen MR) is 134 cm³/mol. The predicted octanol–water partition coefficient (Wildman–Crippen LogP) is 6.53. The van der Waals surface area contributed by atoms with Gasteiger partial charge in [0.25, 0.3) is 0 Å². The van der Waals surface area contributed by atoms with Gasteiger partial charge in [-0.3, -0.25) is 0 Å². The molecule has 0 fully saturated rings. The second-order valence-corrected chi connectivity index (χ2v) is 8.57. The SMILES string of the molecule is NCCCCCCC(N)c1nc(-c2ccc(-c3ccccc3)cc2)nc2cc(Cl)ccc12. The molecule has 0 aliphatic carbocycles. The fourth-order valence-corrected chi connectivity index (χ4v) is 4.15. The van der Waals surface area contributed by atoms with Crippen LogP contribution in [0.4, 0.5) is 0 Å². The molecule has 32 heavy (non-hydrogen) atoms. The van der Waals surface area contributed by atoms with Gasteiger partial charge in [-0.1, -0.05) is 85.5 Å². The number of nitrogens with zero attached hydrogens (tertiary/aromatic N) is 2. The molecule has 1 aromatic heterocycles. The summed E-state index contributed by atoms with van der Waals surface area (Å²) < 4.78 is 0. The number of hydrogen-bond acceptors (Lipinski definition) is 4. The Labute approximate surface area is 194 Å². The lowest BCUT2D eigenvalue weighted by Gasteiger charge is -2.15. The number of fused-ring (bicyclic) bond motifs is 1. The van der Waals surface area contributed by atoms with E-state index in [-0.39, 0.29) is 6.04 Å². The van der Waals surface area contributed by atoms with Gasteiger partial charge in [-0.05, 0) is 48.7 Å². The first kappa shape index (κ1) is 22.4. The average molecular weight is 445 g/mol. The molecule has 0 amide bonds. The van der Waals surface area contributed by atoms with Gasteiger partial charge in [-0.15, -0.1) is 0 Å². The van der Waals surface area contributed by atoms with E-state index in [4.69, 9.17) is 33.0 Å². The third-order valence-corrected chi connectivity index (χ3v) is 5.99. The Balaban J connectivity index is 1.64. The number of unbranched alkanes of at least 4 members (excludes halogenated alkanes) is 3. The second-order valence-electron chi connectivity index (χ2n) is 8.14. The highest BCUT2D eigenvalue weighted by Crippen LogP contribution is 2.30. The highest BCUT2D eigenvalue weighted by atomic mass is 35.5. The van der Waals surface area contributed by atoms with Crippen LogP contribution in [0, 0.1) is 0 Å². The fourth-order valence-electron chi connectivity index (χ4n) is 3.98. The molecule has 1 heterocycles. The minimum Gasteiger partial charge on any atom is -0.330 e. The first-order valence-electron chi connectivity index (χ1n) is 11.2. The van der Waals surface area contributed by atoms with E-state index in [0.717, 1.165) is 66.4 Å². The summed E-state index contributed by atoms with van der Waals surface area (Å²) in [5.74, 6) is 0.674. The van der Waals surface area contributed by atoms with Gasteiger partial charge in [0, 0.05) is 22.0 Å². The van der Waals surface area contributed by atoms with Gasteiger partial charge in [0.1, 0.15) is 0 Å². The lowest BCUT2D eigenvalue weighted by molar-refractivity contribution is 0.555. The van der Waals surface area contributed by atoms with Crippen LogP contribution < -0.4 is 11.5 Å². The Morgan fingerprint density at radius 3 is 2.19 bits per heavy atom. The second kappa shape index (κ2) is 10.7. The van der Waals surface area contributed by atoms with Crippen molar-refractivity contribution in [3.8, 4) is 22.5 Å². The smallest absolute Gasteiger partial charge is 0.160 e. The molecule has 5 heteroatoms. The molecule has 1 atom stereocenters. The summed E-state index contributed by atoms with van der Waals surface area (Å²) in [6.07, 6.45) is 5.27. The fraction of sp³-hybridized carbons (Fsp3) is 0.259. The number of aromatic nitrogens is 2. The van der Waals surface area contributed by atoms with Crippen molar-refractivity contribution in [2.24, 2.45) is 11.5 Å². The van der Waals surface area contributed by atoms with Crippen molar-refractivity contribution >= 4 is 22.5 Å². The summed E-state index contributed by atoms with van der Waals surface area (Å²) >= 11 is 6.27. The van der Waals surface area contributed by atoms with Crippen LogP contribution in [-0.4, -0.2) is 16.5 Å². The standard InChI is InChI=1S/C27H29ClN4/c28-22-15-16-23-25(18-22)31-27(32-26(23)24(30)10-6-1-2-7-17-29)21-13-11-20(12-14-21)19-8-4-3-5-9-19/h3-5,8-9,11-16,18,24H,1-2,6-7,10,17,29-30H2. The Morgan fingerprint density at radius 1 is 0.750 bits per heavy atom. The van der Waals surface area contributed by atoms with Gasteiger partial charge in [-0.2, -0.15) is 0 Å². The molecule has 4 aromatic rings. The molecule has 4 nitrogen and oxygen atoms in total. The molecule has 4 N–H and O–H groups in total. The zero-order valence-electron chi connectivity index (χ0n) is 18.2. The minimum absolute atomic E-state index is 0.151. The number of nitrogens with two attached hydrogens (primary N) is 2. The zero-order valence-corrected chi connectivity index (χ0v) is 18.9. The van der Waals surface area contributed by atoms with E-state index in [9.17, 15) is 0 Å². The molecule has 3 aromatic carbocycles. The average Bonchev–Trinajstić information content (AvgIpc) is 2.83. The Bertz CT molecular complexity index is 1160. The topological polar surface area (TPSA) is 77.8 Å². The van der Waals surface area contributed by atoms with Gasteiger partial charge < -0.3 is 11.5 Å². The first-order chi connectivity index (χ1) is 15.7. The van der Waals surface area contributed by atoms with E-state index in [1.165, 1.54) is 5.56 Å². The van der Waals surface area contributed by atoms with Crippen LogP contribution in [0.2, 0.25) is 5.02 Å². The summed E-state index contributed by atoms with van der Waals surface area (Å²) in [6.45, 7) is 0.746. The van der Waals surface area contributed by atoms with E-state index in [1.54, 1.807) is 0 Å². The van der Waals surface area contributed by atoms with Crippen molar-refractivity contribution in [1.82, 2.24) is 9.97 Å². The zero-order chi connectivity index (χ0) is 22.3. The lowest BCUT2D eigenvalue weighted by atomic mass is 10.0. The van der Waals surface area contributed by atoms with E-state index < -0.39 is 0 Å². The van der Waals surface area contributed by atoms with E-state index >= 15 is 0 Å². The normalized spacial score (nSPS) is 12.2. The Hall–Kier alpha value is -2.79. The largest absolute Gasteiger partial charge is 0.330 e. The van der Waals surface area contributed by atoms with Crippen LogP contribution >= 0.6 is 11.6 Å². The molecule has 164 valence electrons. The van der Waals surface area contributed by atoms with Gasteiger partial charge in [0.05, 0.1) is 11.2 Å². The molecule has 0 radical (unpaired) electrons. The molecule has 0 aliphatic heterocycles. The van der Waals surface area contributed by atoms with Gasteiger partial charge in [-0.25, -0.2) is 9.97 Å². The number of benzene rings is 3. The monoisotopic (exact) mass is 444 g/mol. The van der Waals surface area contributed by atoms with Crippen molar-refractivity contribution in [1.29, 1.82) is 0 Å². The summed E-state index contributed by atoms with van der Waals surface area (Å²) in [7, 11) is 0. The summed E-state index contributed by atoms with van der Waals surface area (Å²) in [4.78, 5) is 9.73. The molecule has 0 saturated heterocycles. The van der Waals surface area contributed by atoms with Crippen LogP contribution in [0.15, 0.2) is 72.8 Å². The Kier molecular flexibility index (Phi) is 7.48. The van der Waals surface area contributed by atoms with Crippen LogP contribution in [0.25, 0.3) is 33.4 Å². The van der Waals surface area contributed by atoms with Crippen molar-refractivity contribution in [2.45, 2.75) is 38.1 Å². The molecular weight excluding hydrogens is 416 g/mol. The van der Waals surface area contributed by atoms with Gasteiger partial charge in [0.15, 0.2) is 5.82 Å². The maximum absolute atomic E-state index is 6.61. The highest BCUT2D eigenvalue weighted by molar-refractivity contribution is 6.31. The first-order valence-corrected chi connectivity index (χ1v) is 11.6. The summed E-state index contributed by atoms with van der Waals surface area (Å²) in [5.41, 5.74) is 17.2. The molecule has 0 saturated carbocycles. The molecule has 0 aliphatic rings. The van der Waals surface area contributed by atoms with Crippen molar-refractivity contribution in [2.75, 3.05) is 6.54 Å². The third-order valence-electron chi connectivity index (χ3n) is 5.76.